The van der Waals surface area contributed by atoms with Crippen LogP contribution in [0.4, 0.5) is 13.2 Å². The average Bonchev–Trinajstić information content (AvgIpc) is 3.40. The maximum atomic E-state index is 13.2. The number of ether oxygens (including phenoxy) is 1. The molecule has 0 unspecified atom stereocenters. The Bertz CT molecular complexity index is 1620. The number of fused-ring (bicyclic) bond motifs is 1. The topological polar surface area (TPSA) is 149 Å². The van der Waals surface area contributed by atoms with Crippen molar-refractivity contribution in [3.05, 3.63) is 58.1 Å². The molecule has 2 aliphatic heterocycles. The molecule has 2 amide bonds. The van der Waals surface area contributed by atoms with E-state index in [0.717, 1.165) is 10.5 Å². The number of carbonyl (C=O) groups is 2. The molecule has 3 N–H and O–H groups in total. The van der Waals surface area contributed by atoms with Crippen LogP contribution in [0.1, 0.15) is 48.5 Å². The first-order valence-electron chi connectivity index (χ1n) is 15.4. The number of amides is 2. The smallest absolute Gasteiger partial charge is 0.471 e. The SMILES string of the molecule is N#Cc1cc(Cl)cc2c1C[C@H](N1CCN(C(=O)C(F)(F)F)CC1)[C@H]2Oc1ccc(S(=O)(=O)NC2CCN(C(=O)CCCN)CC2)cc1. The molecule has 5 rings (SSSR count). The number of nitrogens with zero attached hydrogens (tertiary/aromatic N) is 4. The highest BCUT2D eigenvalue weighted by Crippen LogP contribution is 2.41. The number of sulfonamides is 1. The molecule has 0 radical (unpaired) electrons. The van der Waals surface area contributed by atoms with Crippen LogP contribution < -0.4 is 15.2 Å². The molecular weight excluding hydrogens is 661 g/mol. The molecular formula is C31H36ClF3N6O5S. The molecule has 2 aromatic carbocycles. The van der Waals surface area contributed by atoms with Crippen molar-refractivity contribution >= 4 is 33.4 Å². The number of likely N-dealkylation sites (tertiary alicyclic amines) is 1. The number of piperidine rings is 1. The van der Waals surface area contributed by atoms with Crippen LogP contribution in [0.15, 0.2) is 41.3 Å². The molecule has 2 atom stereocenters. The minimum atomic E-state index is -4.95. The Labute approximate surface area is 276 Å². The summed E-state index contributed by atoms with van der Waals surface area (Å²) in [6.07, 6.45) is -3.28. The van der Waals surface area contributed by atoms with Crippen molar-refractivity contribution in [3.63, 3.8) is 0 Å². The Morgan fingerprint density at radius 1 is 1.04 bits per heavy atom. The Kier molecular flexibility index (Phi) is 10.7. The Hall–Kier alpha value is -3.42. The fraction of sp³-hybridized carbons (Fsp3) is 0.516. The molecule has 0 aromatic heterocycles. The fourth-order valence-electron chi connectivity index (χ4n) is 6.45. The number of benzene rings is 2. The summed E-state index contributed by atoms with van der Waals surface area (Å²) in [4.78, 5) is 28.5. The molecule has 0 saturated carbocycles. The van der Waals surface area contributed by atoms with E-state index in [1.54, 1.807) is 17.0 Å². The van der Waals surface area contributed by atoms with Crippen molar-refractivity contribution in [2.45, 2.75) is 61.4 Å². The van der Waals surface area contributed by atoms with Crippen molar-refractivity contribution in [2.24, 2.45) is 5.73 Å². The van der Waals surface area contributed by atoms with Crippen LogP contribution >= 0.6 is 11.6 Å². The van der Waals surface area contributed by atoms with Gasteiger partial charge in [0.1, 0.15) is 11.9 Å². The van der Waals surface area contributed by atoms with Crippen molar-refractivity contribution in [1.29, 1.82) is 5.26 Å². The fourth-order valence-corrected chi connectivity index (χ4v) is 7.98. The van der Waals surface area contributed by atoms with E-state index in [1.165, 1.54) is 24.3 Å². The number of alkyl halides is 3. The van der Waals surface area contributed by atoms with Crippen LogP contribution in [-0.4, -0.2) is 99.0 Å². The van der Waals surface area contributed by atoms with Gasteiger partial charge in [-0.15, -0.1) is 0 Å². The van der Waals surface area contributed by atoms with Crippen molar-refractivity contribution in [2.75, 3.05) is 45.8 Å². The minimum absolute atomic E-state index is 0.0180. The van der Waals surface area contributed by atoms with Crippen LogP contribution in [0.5, 0.6) is 5.75 Å². The lowest BCUT2D eigenvalue weighted by Gasteiger charge is -2.40. The van der Waals surface area contributed by atoms with Crippen molar-refractivity contribution < 1.29 is 35.9 Å². The van der Waals surface area contributed by atoms with E-state index in [4.69, 9.17) is 22.1 Å². The maximum Gasteiger partial charge on any atom is 0.471 e. The zero-order valence-electron chi connectivity index (χ0n) is 25.5. The van der Waals surface area contributed by atoms with E-state index in [1.807, 2.05) is 4.90 Å². The quantitative estimate of drug-likeness (QED) is 0.407. The first kappa shape index (κ1) is 34.9. The number of carbonyl (C=O) groups excluding carboxylic acids is 2. The van der Waals surface area contributed by atoms with Crippen LogP contribution in [-0.2, 0) is 26.0 Å². The van der Waals surface area contributed by atoms with E-state index in [-0.39, 0.29) is 49.1 Å². The highest BCUT2D eigenvalue weighted by atomic mass is 35.5. The van der Waals surface area contributed by atoms with Gasteiger partial charge in [-0.05, 0) is 79.8 Å². The molecule has 2 saturated heterocycles. The molecule has 2 aromatic rings. The largest absolute Gasteiger partial charge is 0.484 e. The van der Waals surface area contributed by atoms with Gasteiger partial charge in [-0.25, -0.2) is 13.1 Å². The average molecular weight is 697 g/mol. The van der Waals surface area contributed by atoms with Gasteiger partial charge in [-0.3, -0.25) is 14.5 Å². The van der Waals surface area contributed by atoms with Crippen LogP contribution in [0.25, 0.3) is 0 Å². The highest BCUT2D eigenvalue weighted by Gasteiger charge is 2.45. The number of piperazine rings is 1. The number of hydrogen-bond donors (Lipinski definition) is 2. The molecule has 0 spiro atoms. The Morgan fingerprint density at radius 3 is 2.30 bits per heavy atom. The molecule has 3 aliphatic rings. The second-order valence-corrected chi connectivity index (χ2v) is 14.1. The Morgan fingerprint density at radius 2 is 1.70 bits per heavy atom. The lowest BCUT2D eigenvalue weighted by molar-refractivity contribution is -0.187. The third-order valence-electron chi connectivity index (χ3n) is 8.91. The van der Waals surface area contributed by atoms with Gasteiger partial charge in [0.25, 0.3) is 0 Å². The van der Waals surface area contributed by atoms with E-state index < -0.39 is 28.2 Å². The van der Waals surface area contributed by atoms with Crippen molar-refractivity contribution in [3.8, 4) is 11.8 Å². The van der Waals surface area contributed by atoms with Crippen molar-refractivity contribution in [1.82, 2.24) is 19.4 Å². The molecule has 2 fully saturated rings. The maximum absolute atomic E-state index is 13.2. The summed E-state index contributed by atoms with van der Waals surface area (Å²) >= 11 is 6.33. The zero-order chi connectivity index (χ0) is 33.9. The number of rotatable bonds is 9. The van der Waals surface area contributed by atoms with Gasteiger partial charge in [-0.2, -0.15) is 18.4 Å². The zero-order valence-corrected chi connectivity index (χ0v) is 27.1. The first-order chi connectivity index (χ1) is 22.3. The summed E-state index contributed by atoms with van der Waals surface area (Å²) in [5.41, 5.74) is 7.24. The van der Waals surface area contributed by atoms with Gasteiger partial charge in [0.2, 0.25) is 15.9 Å². The van der Waals surface area contributed by atoms with Gasteiger partial charge in [-0.1, -0.05) is 11.6 Å². The summed E-state index contributed by atoms with van der Waals surface area (Å²) in [5.74, 6) is -1.51. The first-order valence-corrected chi connectivity index (χ1v) is 17.3. The highest BCUT2D eigenvalue weighted by molar-refractivity contribution is 7.89. The normalized spacial score (nSPS) is 20.9. The lowest BCUT2D eigenvalue weighted by atomic mass is 10.0. The molecule has 254 valence electrons. The monoisotopic (exact) mass is 696 g/mol. The van der Waals surface area contributed by atoms with Gasteiger partial charge in [0.15, 0.2) is 0 Å². The molecule has 0 bridgehead atoms. The number of nitrogens with two attached hydrogens (primary N) is 1. The van der Waals surface area contributed by atoms with E-state index in [2.05, 4.69) is 10.8 Å². The molecule has 1 aliphatic carbocycles. The predicted molar refractivity (Wildman–Crippen MR) is 166 cm³/mol. The standard InChI is InChI=1S/C31H36ClF3N6O5S/c32-21-16-20(19-37)25-18-27(39-12-14-41(15-13-39)30(43)31(33,34)35)29(26(25)17-21)46-23-3-5-24(6-4-23)47(44,45)38-22-7-10-40(11-8-22)28(42)2-1-9-36/h3-6,16-17,22,27,29,38H,1-2,7-15,18,36H2/t27-,29-/m0/s1. The summed E-state index contributed by atoms with van der Waals surface area (Å²) in [6, 6.07) is 10.6. The summed E-state index contributed by atoms with van der Waals surface area (Å²) in [6.45, 7) is 1.45. The summed E-state index contributed by atoms with van der Waals surface area (Å²) in [7, 11) is -3.87. The van der Waals surface area contributed by atoms with E-state index >= 15 is 0 Å². The lowest BCUT2D eigenvalue weighted by Crippen LogP contribution is -2.55. The molecule has 47 heavy (non-hydrogen) atoms. The van der Waals surface area contributed by atoms with Gasteiger partial charge in [0.05, 0.1) is 22.6 Å². The van der Waals surface area contributed by atoms with E-state index in [9.17, 15) is 36.4 Å². The van der Waals surface area contributed by atoms with E-state index in [0.29, 0.717) is 73.6 Å². The minimum Gasteiger partial charge on any atom is -0.484 e. The summed E-state index contributed by atoms with van der Waals surface area (Å²) < 4.78 is 74.5. The molecule has 11 nitrogen and oxygen atoms in total. The third-order valence-corrected chi connectivity index (χ3v) is 10.7. The van der Waals surface area contributed by atoms with Gasteiger partial charge < -0.3 is 20.3 Å². The van der Waals surface area contributed by atoms with Crippen LogP contribution in [0.2, 0.25) is 5.02 Å². The Balaban J connectivity index is 1.27. The number of nitriles is 1. The number of nitrogens with one attached hydrogen (secondary N) is 1. The summed E-state index contributed by atoms with van der Waals surface area (Å²) in [5, 5.41) is 10.1. The van der Waals surface area contributed by atoms with Crippen LogP contribution in [0.3, 0.4) is 0 Å². The number of halogens is 4. The second-order valence-electron chi connectivity index (χ2n) is 11.9. The molecule has 16 heteroatoms. The third kappa shape index (κ3) is 8.01. The van der Waals surface area contributed by atoms with Gasteiger partial charge >= 0.3 is 12.1 Å². The number of hydrogen-bond acceptors (Lipinski definition) is 8. The molecule has 2 heterocycles. The predicted octanol–water partition coefficient (Wildman–Crippen LogP) is 2.97. The van der Waals surface area contributed by atoms with Gasteiger partial charge in [0, 0.05) is 56.8 Å². The van der Waals surface area contributed by atoms with Crippen LogP contribution in [0, 0.1) is 11.3 Å². The second kappa shape index (κ2) is 14.4.